The molecule has 0 heterocycles. The number of halogens is 4. The van der Waals surface area contributed by atoms with E-state index in [1.807, 2.05) is 33.9 Å². The first-order valence-corrected chi connectivity index (χ1v) is 10.2. The zero-order valence-electron chi connectivity index (χ0n) is 12.0. The number of hydrogen-bond donors (Lipinski definition) is 0. The molecule has 4 nitrogen and oxygen atoms in total. The van der Waals surface area contributed by atoms with Crippen molar-refractivity contribution in [3.63, 3.8) is 0 Å². The molecule has 0 unspecified atom stereocenters. The molecule has 0 amide bonds. The Labute approximate surface area is 117 Å². The van der Waals surface area contributed by atoms with Crippen molar-refractivity contribution in [3.8, 4) is 0 Å². The van der Waals surface area contributed by atoms with E-state index in [9.17, 15) is 26.0 Å². The lowest BCUT2D eigenvalue weighted by Crippen LogP contribution is -2.42. The van der Waals surface area contributed by atoms with Gasteiger partial charge < -0.3 is 4.43 Å². The highest BCUT2D eigenvalue weighted by Gasteiger charge is 2.47. The topological polar surface area (TPSA) is 52.6 Å². The van der Waals surface area contributed by atoms with Gasteiger partial charge in [0.1, 0.15) is 12.8 Å². The summed E-state index contributed by atoms with van der Waals surface area (Å²) in [4.78, 5) is 0. The van der Waals surface area contributed by atoms with Gasteiger partial charge in [0, 0.05) is 0 Å². The van der Waals surface area contributed by atoms with Crippen LogP contribution < -0.4 is 0 Å². The summed E-state index contributed by atoms with van der Waals surface area (Å²) in [6.45, 7) is 7.71. The van der Waals surface area contributed by atoms with Gasteiger partial charge >= 0.3 is 15.6 Å². The zero-order valence-corrected chi connectivity index (χ0v) is 13.9. The molecule has 0 aliphatic heterocycles. The van der Waals surface area contributed by atoms with Crippen molar-refractivity contribution in [2.75, 3.05) is 13.2 Å². The number of alkyl halides is 4. The smallest absolute Gasteiger partial charge is 0.414 e. The molecule has 0 fully saturated rings. The van der Waals surface area contributed by atoms with Crippen molar-refractivity contribution in [1.82, 2.24) is 0 Å². The summed E-state index contributed by atoms with van der Waals surface area (Å²) < 4.78 is 79.4. The Morgan fingerprint density at radius 1 is 1.10 bits per heavy atom. The number of rotatable bonds is 6. The molecule has 10 heteroatoms. The highest BCUT2D eigenvalue weighted by atomic mass is 32.2. The van der Waals surface area contributed by atoms with E-state index in [1.165, 1.54) is 0 Å². The maximum absolute atomic E-state index is 13.4. The van der Waals surface area contributed by atoms with Gasteiger partial charge in [-0.25, -0.2) is 4.39 Å². The molecule has 0 aromatic carbocycles. The van der Waals surface area contributed by atoms with Crippen LogP contribution in [0.5, 0.6) is 0 Å². The van der Waals surface area contributed by atoms with Gasteiger partial charge in [0.2, 0.25) is 0 Å². The monoisotopic (exact) mass is 340 g/mol. The quantitative estimate of drug-likeness (QED) is 0.322. The Kier molecular flexibility index (Phi) is 6.22. The summed E-state index contributed by atoms with van der Waals surface area (Å²) in [6, 6.07) is 0. The van der Waals surface area contributed by atoms with Gasteiger partial charge in [0.25, 0.3) is 0 Å². The minimum absolute atomic E-state index is 0.189. The molecule has 0 spiro atoms. The van der Waals surface area contributed by atoms with E-state index in [0.29, 0.717) is 0 Å². The molecular formula is C10H20F4O4SSi. The van der Waals surface area contributed by atoms with E-state index in [0.717, 1.165) is 0 Å². The van der Waals surface area contributed by atoms with Crippen molar-refractivity contribution in [2.45, 2.75) is 50.6 Å². The first-order valence-electron chi connectivity index (χ1n) is 5.84. The second-order valence-electron chi connectivity index (χ2n) is 5.85. The molecule has 0 aromatic heterocycles. The third kappa shape index (κ3) is 5.66. The van der Waals surface area contributed by atoms with Crippen molar-refractivity contribution >= 4 is 18.4 Å². The van der Waals surface area contributed by atoms with Crippen LogP contribution in [0.25, 0.3) is 0 Å². The largest absolute Gasteiger partial charge is 0.523 e. The molecule has 0 aliphatic carbocycles. The molecule has 0 radical (unpaired) electrons. The minimum atomic E-state index is -5.76. The first-order chi connectivity index (χ1) is 8.60. The lowest BCUT2D eigenvalue weighted by atomic mass is 10.2. The normalized spacial score (nSPS) is 16.2. The van der Waals surface area contributed by atoms with Crippen molar-refractivity contribution in [3.05, 3.63) is 0 Å². The summed E-state index contributed by atoms with van der Waals surface area (Å²) in [5.41, 5.74) is -5.55. The predicted octanol–water partition coefficient (Wildman–Crippen LogP) is 3.21. The maximum Gasteiger partial charge on any atom is 0.523 e. The lowest BCUT2D eigenvalue weighted by Gasteiger charge is -2.36. The second kappa shape index (κ2) is 6.28. The molecule has 0 rings (SSSR count). The fourth-order valence-electron chi connectivity index (χ4n) is 0.794. The molecule has 0 saturated heterocycles. The third-order valence-corrected chi connectivity index (χ3v) is 8.63. The molecule has 0 saturated carbocycles. The van der Waals surface area contributed by atoms with Crippen LogP contribution in [0.2, 0.25) is 18.1 Å². The fraction of sp³-hybridized carbons (Fsp3) is 1.00. The summed E-state index contributed by atoms with van der Waals surface area (Å²) >= 11 is 0. The molecule has 0 N–H and O–H groups in total. The molecule has 0 aliphatic rings. The lowest BCUT2D eigenvalue weighted by molar-refractivity contribution is -0.0557. The first kappa shape index (κ1) is 19.8. The Hall–Kier alpha value is -0.193. The van der Waals surface area contributed by atoms with Crippen LogP contribution in [0.3, 0.4) is 0 Å². The van der Waals surface area contributed by atoms with E-state index < -0.39 is 43.3 Å². The van der Waals surface area contributed by atoms with Crippen LogP contribution in [0.4, 0.5) is 17.6 Å². The third-order valence-electron chi connectivity index (χ3n) is 3.12. The van der Waals surface area contributed by atoms with Gasteiger partial charge in [-0.05, 0) is 18.1 Å². The minimum Gasteiger partial charge on any atom is -0.414 e. The van der Waals surface area contributed by atoms with Crippen molar-refractivity contribution in [2.24, 2.45) is 0 Å². The average Bonchev–Trinajstić information content (AvgIpc) is 2.20. The maximum atomic E-state index is 13.4. The van der Waals surface area contributed by atoms with Crippen LogP contribution >= 0.6 is 0 Å². The molecule has 0 bridgehead atoms. The zero-order chi connectivity index (χ0) is 16.4. The van der Waals surface area contributed by atoms with Gasteiger partial charge in [0.15, 0.2) is 8.32 Å². The van der Waals surface area contributed by atoms with Crippen LogP contribution in [-0.2, 0) is 18.7 Å². The van der Waals surface area contributed by atoms with E-state index in [1.54, 1.807) is 0 Å². The molecule has 0 aromatic rings. The SMILES string of the molecule is CC(C)(C)[Si](C)(C)OC[C@@H](F)COS(=O)(=O)C(F)(F)F. The van der Waals surface area contributed by atoms with E-state index in [2.05, 4.69) is 4.18 Å². The number of hydrogen-bond acceptors (Lipinski definition) is 4. The molecular weight excluding hydrogens is 320 g/mol. The Morgan fingerprint density at radius 2 is 1.55 bits per heavy atom. The van der Waals surface area contributed by atoms with Gasteiger partial charge in [-0.1, -0.05) is 20.8 Å². The fourth-order valence-corrected chi connectivity index (χ4v) is 2.28. The van der Waals surface area contributed by atoms with Gasteiger partial charge in [-0.3, -0.25) is 4.18 Å². The molecule has 20 heavy (non-hydrogen) atoms. The summed E-state index contributed by atoms with van der Waals surface area (Å²) in [7, 11) is -8.01. The standard InChI is InChI=1S/C10H20F4O4SSi/c1-9(2,3)20(4,5)18-7-8(11)6-17-19(15,16)10(12,13)14/h8H,6-7H2,1-5H3/t8-/m0/s1. The van der Waals surface area contributed by atoms with E-state index >= 15 is 0 Å². The summed E-state index contributed by atoms with van der Waals surface area (Å²) in [5, 5.41) is -0.189. The second-order valence-corrected chi connectivity index (χ2v) is 12.3. The Bertz CT molecular complexity index is 414. The molecule has 1 atom stereocenters. The van der Waals surface area contributed by atoms with Crippen LogP contribution in [0.1, 0.15) is 20.8 Å². The highest BCUT2D eigenvalue weighted by Crippen LogP contribution is 2.36. The predicted molar refractivity (Wildman–Crippen MR) is 69.0 cm³/mol. The Morgan fingerprint density at radius 3 is 1.90 bits per heavy atom. The summed E-state index contributed by atoms with van der Waals surface area (Å²) in [5.74, 6) is 0. The van der Waals surface area contributed by atoms with Crippen LogP contribution in [0, 0.1) is 0 Å². The highest BCUT2D eigenvalue weighted by molar-refractivity contribution is 7.87. The van der Waals surface area contributed by atoms with Gasteiger partial charge in [-0.2, -0.15) is 21.6 Å². The van der Waals surface area contributed by atoms with Crippen LogP contribution in [0.15, 0.2) is 0 Å². The van der Waals surface area contributed by atoms with Gasteiger partial charge in [0.05, 0.1) is 6.61 Å². The van der Waals surface area contributed by atoms with Gasteiger partial charge in [-0.15, -0.1) is 0 Å². The molecule has 122 valence electrons. The van der Waals surface area contributed by atoms with E-state index in [-0.39, 0.29) is 5.04 Å². The van der Waals surface area contributed by atoms with Crippen LogP contribution in [-0.4, -0.2) is 41.6 Å². The van der Waals surface area contributed by atoms with Crippen molar-refractivity contribution in [1.29, 1.82) is 0 Å². The Balaban J connectivity index is 4.38. The summed E-state index contributed by atoms with van der Waals surface area (Å²) in [6.07, 6.45) is -1.94. The van der Waals surface area contributed by atoms with Crippen molar-refractivity contribution < 1.29 is 34.6 Å². The van der Waals surface area contributed by atoms with E-state index in [4.69, 9.17) is 4.43 Å². The average molecular weight is 340 g/mol.